The first-order valence-electron chi connectivity index (χ1n) is 11.4. The van der Waals surface area contributed by atoms with Crippen LogP contribution in [0.1, 0.15) is 31.4 Å². The van der Waals surface area contributed by atoms with Crippen LogP contribution in [0.5, 0.6) is 0 Å². The number of rotatable bonds is 8. The number of hydrogen-bond acceptors (Lipinski definition) is 4. The Morgan fingerprint density at radius 1 is 1.03 bits per heavy atom. The van der Waals surface area contributed by atoms with Crippen molar-refractivity contribution in [1.82, 2.24) is 10.2 Å². The lowest BCUT2D eigenvalue weighted by Crippen LogP contribution is -2.45. The lowest BCUT2D eigenvalue weighted by atomic mass is 9.96. The van der Waals surface area contributed by atoms with Crippen molar-refractivity contribution in [2.45, 2.75) is 39.8 Å². The summed E-state index contributed by atoms with van der Waals surface area (Å²) in [5, 5.41) is 17.0. The van der Waals surface area contributed by atoms with Crippen LogP contribution in [0.15, 0.2) is 60.2 Å². The van der Waals surface area contributed by atoms with Crippen LogP contribution in [-0.4, -0.2) is 46.4 Å². The maximum atomic E-state index is 13.0. The third kappa shape index (κ3) is 6.69. The summed E-state index contributed by atoms with van der Waals surface area (Å²) in [6.07, 6.45) is 1.18. The van der Waals surface area contributed by atoms with Crippen molar-refractivity contribution in [3.05, 3.63) is 71.3 Å². The van der Waals surface area contributed by atoms with Gasteiger partial charge in [-0.05, 0) is 42.2 Å². The molecule has 0 fully saturated rings. The van der Waals surface area contributed by atoms with Crippen molar-refractivity contribution in [3.8, 4) is 0 Å². The summed E-state index contributed by atoms with van der Waals surface area (Å²) in [6, 6.07) is 13.7. The average molecular weight is 479 g/mol. The predicted molar refractivity (Wildman–Crippen MR) is 133 cm³/mol. The Morgan fingerprint density at radius 3 is 2.34 bits per heavy atom. The molecule has 0 radical (unpaired) electrons. The summed E-state index contributed by atoms with van der Waals surface area (Å²) in [4.78, 5) is 49.8. The highest BCUT2D eigenvalue weighted by Gasteiger charge is 2.36. The van der Waals surface area contributed by atoms with E-state index in [0.717, 1.165) is 16.8 Å². The first kappa shape index (κ1) is 25.5. The second-order valence-corrected chi connectivity index (χ2v) is 8.74. The Balaban J connectivity index is 1.58. The molecule has 1 heterocycles. The highest BCUT2D eigenvalue weighted by Crippen LogP contribution is 2.27. The van der Waals surface area contributed by atoms with Gasteiger partial charge in [0, 0.05) is 30.0 Å². The number of urea groups is 1. The van der Waals surface area contributed by atoms with E-state index in [-0.39, 0.29) is 30.4 Å². The summed E-state index contributed by atoms with van der Waals surface area (Å²) in [7, 11) is 0. The molecule has 0 aliphatic carbocycles. The third-order valence-corrected chi connectivity index (χ3v) is 5.71. The van der Waals surface area contributed by atoms with E-state index in [2.05, 4.69) is 16.0 Å². The number of nitrogens with one attached hydrogen (secondary N) is 3. The minimum absolute atomic E-state index is 0.0332. The van der Waals surface area contributed by atoms with Crippen molar-refractivity contribution < 1.29 is 24.3 Å². The number of anilines is 2. The third-order valence-electron chi connectivity index (χ3n) is 5.71. The molecule has 0 aromatic heterocycles. The summed E-state index contributed by atoms with van der Waals surface area (Å²) >= 11 is 0. The maximum Gasteiger partial charge on any atom is 0.322 e. The molecule has 2 aromatic carbocycles. The molecule has 3 rings (SSSR count). The van der Waals surface area contributed by atoms with Crippen LogP contribution in [0.3, 0.4) is 0 Å². The fraction of sp³-hybridized carbons (Fsp3) is 0.308. The minimum atomic E-state index is -1.20. The lowest BCUT2D eigenvalue weighted by Gasteiger charge is -2.30. The molecule has 1 aliphatic heterocycles. The quantitative estimate of drug-likeness (QED) is 0.432. The van der Waals surface area contributed by atoms with Crippen molar-refractivity contribution in [1.29, 1.82) is 0 Å². The lowest BCUT2D eigenvalue weighted by molar-refractivity contribution is -0.139. The second kappa shape index (κ2) is 11.3. The predicted octanol–water partition coefficient (Wildman–Crippen LogP) is 3.52. The Bertz CT molecular complexity index is 1140. The van der Waals surface area contributed by atoms with Gasteiger partial charge in [0.15, 0.2) is 0 Å². The number of carbonyl (C=O) groups is 4. The van der Waals surface area contributed by atoms with E-state index in [1.165, 1.54) is 0 Å². The number of nitrogens with zero attached hydrogens (tertiary/aromatic N) is 1. The molecular weight excluding hydrogens is 448 g/mol. The molecule has 9 nitrogen and oxygen atoms in total. The molecular formula is C26H30N4O5. The average Bonchev–Trinajstić information content (AvgIpc) is 3.25. The van der Waals surface area contributed by atoms with Crippen molar-refractivity contribution in [3.63, 3.8) is 0 Å². The molecule has 2 aromatic rings. The number of para-hydroxylation sites is 1. The van der Waals surface area contributed by atoms with Crippen LogP contribution in [0.2, 0.25) is 0 Å². The van der Waals surface area contributed by atoms with Crippen molar-refractivity contribution in [2.24, 2.45) is 5.92 Å². The van der Waals surface area contributed by atoms with Crippen molar-refractivity contribution in [2.75, 3.05) is 17.2 Å². The molecule has 0 unspecified atom stereocenters. The number of carboxylic acids is 1. The summed E-state index contributed by atoms with van der Waals surface area (Å²) < 4.78 is 0. The molecule has 4 amide bonds. The van der Waals surface area contributed by atoms with E-state index in [1.54, 1.807) is 35.2 Å². The number of carboxylic acid groups (broad SMARTS) is 1. The first-order valence-corrected chi connectivity index (χ1v) is 11.4. The van der Waals surface area contributed by atoms with Gasteiger partial charge in [-0.15, -0.1) is 0 Å². The van der Waals surface area contributed by atoms with Crippen LogP contribution in [-0.2, 0) is 20.9 Å². The number of amides is 4. The Morgan fingerprint density at radius 2 is 1.71 bits per heavy atom. The zero-order chi connectivity index (χ0) is 25.5. The largest absolute Gasteiger partial charge is 0.481 e. The summed E-state index contributed by atoms with van der Waals surface area (Å²) in [5.74, 6) is -2.02. The van der Waals surface area contributed by atoms with E-state index in [1.807, 2.05) is 45.0 Å². The molecule has 4 N–H and O–H groups in total. The van der Waals surface area contributed by atoms with Crippen LogP contribution in [0.25, 0.3) is 0 Å². The van der Waals surface area contributed by atoms with Gasteiger partial charge in [0.25, 0.3) is 0 Å². The minimum Gasteiger partial charge on any atom is -0.481 e. The SMILES string of the molecule is Cc1ccccc1NC(=O)N1CC=C(C(=O)NCc2ccc(NC(=O)CC(=O)O)cc2)[C@@H]1C(C)C. The van der Waals surface area contributed by atoms with Crippen LogP contribution < -0.4 is 16.0 Å². The van der Waals surface area contributed by atoms with Gasteiger partial charge in [-0.3, -0.25) is 14.4 Å². The Hall–Kier alpha value is -4.14. The number of benzene rings is 2. The highest BCUT2D eigenvalue weighted by atomic mass is 16.4. The molecule has 9 heteroatoms. The second-order valence-electron chi connectivity index (χ2n) is 8.74. The monoisotopic (exact) mass is 478 g/mol. The molecule has 184 valence electrons. The standard InChI is InChI=1S/C26H30N4O5/c1-16(2)24-20(12-13-30(24)26(35)29-21-7-5-4-6-17(21)3)25(34)27-15-18-8-10-19(11-9-18)28-22(31)14-23(32)33/h4-12,16,24H,13-15H2,1-3H3,(H,27,34)(H,28,31)(H,29,35)(H,32,33)/t24-/m0/s1. The van der Waals surface area contributed by atoms with Gasteiger partial charge in [0.05, 0.1) is 6.04 Å². The van der Waals surface area contributed by atoms with E-state index >= 15 is 0 Å². The number of carbonyl (C=O) groups excluding carboxylic acids is 3. The van der Waals surface area contributed by atoms with E-state index in [0.29, 0.717) is 17.8 Å². The highest BCUT2D eigenvalue weighted by molar-refractivity contribution is 6.01. The molecule has 0 spiro atoms. The number of aliphatic carboxylic acids is 1. The number of aryl methyl sites for hydroxylation is 1. The van der Waals surface area contributed by atoms with E-state index in [4.69, 9.17) is 5.11 Å². The van der Waals surface area contributed by atoms with E-state index in [9.17, 15) is 19.2 Å². The maximum absolute atomic E-state index is 13.0. The molecule has 35 heavy (non-hydrogen) atoms. The summed E-state index contributed by atoms with van der Waals surface area (Å²) in [5.41, 5.74) is 3.53. The Kier molecular flexibility index (Phi) is 8.25. The number of hydrogen-bond donors (Lipinski definition) is 4. The van der Waals surface area contributed by atoms with Gasteiger partial charge in [-0.1, -0.05) is 50.3 Å². The molecule has 1 aliphatic rings. The smallest absolute Gasteiger partial charge is 0.322 e. The van der Waals surface area contributed by atoms with Crippen LogP contribution >= 0.6 is 0 Å². The van der Waals surface area contributed by atoms with Gasteiger partial charge in [-0.2, -0.15) is 0 Å². The normalized spacial score (nSPS) is 14.9. The fourth-order valence-corrected chi connectivity index (χ4v) is 3.99. The van der Waals surface area contributed by atoms with Gasteiger partial charge < -0.3 is 26.0 Å². The van der Waals surface area contributed by atoms with Gasteiger partial charge in [0.2, 0.25) is 11.8 Å². The molecule has 0 saturated carbocycles. The van der Waals surface area contributed by atoms with Gasteiger partial charge in [-0.25, -0.2) is 4.79 Å². The van der Waals surface area contributed by atoms with Crippen LogP contribution in [0, 0.1) is 12.8 Å². The zero-order valence-electron chi connectivity index (χ0n) is 20.0. The molecule has 0 bridgehead atoms. The van der Waals surface area contributed by atoms with Crippen LogP contribution in [0.4, 0.5) is 16.2 Å². The zero-order valence-corrected chi connectivity index (χ0v) is 20.0. The van der Waals surface area contributed by atoms with Gasteiger partial charge in [0.1, 0.15) is 6.42 Å². The van der Waals surface area contributed by atoms with E-state index < -0.39 is 18.3 Å². The van der Waals surface area contributed by atoms with Gasteiger partial charge >= 0.3 is 12.0 Å². The molecule has 0 saturated heterocycles. The summed E-state index contributed by atoms with van der Waals surface area (Å²) in [6.45, 7) is 6.48. The first-order chi connectivity index (χ1) is 16.7. The van der Waals surface area contributed by atoms with Crippen molar-refractivity contribution >= 4 is 35.2 Å². The fourth-order valence-electron chi connectivity index (χ4n) is 3.99. The molecule has 1 atom stereocenters. The topological polar surface area (TPSA) is 128 Å². The Labute approximate surface area is 204 Å².